The number of aryl methyl sites for hydroxylation is 2. The molecule has 1 aliphatic carbocycles. The van der Waals surface area contributed by atoms with E-state index in [4.69, 9.17) is 4.52 Å². The number of rotatable bonds is 4. The van der Waals surface area contributed by atoms with Crippen molar-refractivity contribution in [3.8, 4) is 0 Å². The lowest BCUT2D eigenvalue weighted by Crippen LogP contribution is -2.26. The minimum absolute atomic E-state index is 0.493. The van der Waals surface area contributed by atoms with E-state index in [9.17, 15) is 0 Å². The van der Waals surface area contributed by atoms with E-state index in [0.717, 1.165) is 18.9 Å². The Labute approximate surface area is 130 Å². The molecule has 0 saturated carbocycles. The van der Waals surface area contributed by atoms with Crippen LogP contribution in [0, 0.1) is 9.81 Å². The van der Waals surface area contributed by atoms with E-state index < -0.39 is 0 Å². The number of hydrogen-bond acceptors (Lipinski definition) is 5. The van der Waals surface area contributed by atoms with Gasteiger partial charge in [-0.3, -0.25) is 0 Å². The van der Waals surface area contributed by atoms with Crippen molar-refractivity contribution < 1.29 is 4.52 Å². The zero-order valence-corrected chi connectivity index (χ0v) is 13.8. The van der Waals surface area contributed by atoms with Crippen LogP contribution in [0.2, 0.25) is 0 Å². The van der Waals surface area contributed by atoms with E-state index >= 15 is 0 Å². The first-order valence-corrected chi connectivity index (χ1v) is 8.42. The maximum absolute atomic E-state index is 5.13. The highest BCUT2D eigenvalue weighted by atomic mass is 127. The number of nitrogens with one attached hydrogen (secondary N) is 1. The number of aromatic nitrogens is 2. The zero-order chi connectivity index (χ0) is 13.2. The first-order chi connectivity index (χ1) is 9.22. The van der Waals surface area contributed by atoms with Crippen LogP contribution in [0.4, 0.5) is 0 Å². The van der Waals surface area contributed by atoms with E-state index in [1.54, 1.807) is 4.88 Å². The van der Waals surface area contributed by atoms with Gasteiger partial charge in [0.2, 0.25) is 5.89 Å². The highest BCUT2D eigenvalue weighted by molar-refractivity contribution is 14.1. The molecular formula is C13H16IN3OS. The molecule has 0 saturated heterocycles. The number of thiophene rings is 1. The molecular weight excluding hydrogens is 373 g/mol. The normalized spacial score (nSPS) is 18.5. The average molecular weight is 389 g/mol. The number of halogens is 1. The molecule has 4 nitrogen and oxygen atoms in total. The molecule has 2 heterocycles. The Balaban J connectivity index is 1.59. The molecule has 0 fully saturated rings. The fraction of sp³-hybridized carbons (Fsp3) is 0.538. The molecule has 102 valence electrons. The van der Waals surface area contributed by atoms with Crippen LogP contribution in [0.5, 0.6) is 0 Å². The predicted molar refractivity (Wildman–Crippen MR) is 83.5 cm³/mol. The first kappa shape index (κ1) is 13.5. The van der Waals surface area contributed by atoms with Crippen LogP contribution in [0.15, 0.2) is 10.6 Å². The third-order valence-corrected chi connectivity index (χ3v) is 5.35. The lowest BCUT2D eigenvalue weighted by Gasteiger charge is -2.23. The second-order valence-corrected chi connectivity index (χ2v) is 7.84. The summed E-state index contributed by atoms with van der Waals surface area (Å²) in [5.41, 5.74) is 1.50. The Hall–Kier alpha value is -0.470. The first-order valence-electron chi connectivity index (χ1n) is 6.53. The van der Waals surface area contributed by atoms with Crippen molar-refractivity contribution in [1.29, 1.82) is 0 Å². The molecule has 3 rings (SSSR count). The second-order valence-electron chi connectivity index (χ2n) is 4.81. The molecule has 1 unspecified atom stereocenters. The summed E-state index contributed by atoms with van der Waals surface area (Å²) in [6.45, 7) is 2.74. The van der Waals surface area contributed by atoms with Crippen molar-refractivity contribution in [2.45, 2.75) is 38.6 Å². The summed E-state index contributed by atoms with van der Waals surface area (Å²) in [4.78, 5) is 5.78. The van der Waals surface area contributed by atoms with E-state index in [0.29, 0.717) is 11.9 Å². The maximum atomic E-state index is 5.13. The van der Waals surface area contributed by atoms with Gasteiger partial charge < -0.3 is 9.84 Å². The summed E-state index contributed by atoms with van der Waals surface area (Å²) in [6, 6.07) is 2.82. The Morgan fingerprint density at radius 1 is 1.58 bits per heavy atom. The Morgan fingerprint density at radius 2 is 2.47 bits per heavy atom. The van der Waals surface area contributed by atoms with Gasteiger partial charge in [0.1, 0.15) is 0 Å². The average Bonchev–Trinajstić information content (AvgIpc) is 2.95. The van der Waals surface area contributed by atoms with Crippen molar-refractivity contribution in [1.82, 2.24) is 15.5 Å². The molecule has 0 aromatic carbocycles. The van der Waals surface area contributed by atoms with Crippen LogP contribution in [-0.4, -0.2) is 16.7 Å². The molecule has 0 amide bonds. The van der Waals surface area contributed by atoms with Crippen LogP contribution in [0.3, 0.4) is 0 Å². The molecule has 0 spiro atoms. The maximum Gasteiger partial charge on any atom is 0.227 e. The van der Waals surface area contributed by atoms with Crippen LogP contribution < -0.4 is 5.32 Å². The minimum atomic E-state index is 0.493. The van der Waals surface area contributed by atoms with Crippen LogP contribution >= 0.6 is 33.9 Å². The minimum Gasteiger partial charge on any atom is -0.339 e. The summed E-state index contributed by atoms with van der Waals surface area (Å²) < 4.78 is 6.52. The predicted octanol–water partition coefficient (Wildman–Crippen LogP) is 3.25. The van der Waals surface area contributed by atoms with Crippen molar-refractivity contribution in [2.75, 3.05) is 6.54 Å². The molecule has 0 radical (unpaired) electrons. The summed E-state index contributed by atoms with van der Waals surface area (Å²) in [5.74, 6) is 1.43. The molecule has 0 aliphatic heterocycles. The van der Waals surface area contributed by atoms with Crippen LogP contribution in [0.25, 0.3) is 0 Å². The fourth-order valence-electron chi connectivity index (χ4n) is 2.53. The van der Waals surface area contributed by atoms with Gasteiger partial charge in [0, 0.05) is 23.9 Å². The van der Waals surface area contributed by atoms with E-state index in [1.807, 2.05) is 18.3 Å². The van der Waals surface area contributed by atoms with Gasteiger partial charge in [-0.1, -0.05) is 5.16 Å². The van der Waals surface area contributed by atoms with Crippen LogP contribution in [0.1, 0.15) is 41.0 Å². The van der Waals surface area contributed by atoms with Gasteiger partial charge in [0.05, 0.1) is 2.88 Å². The van der Waals surface area contributed by atoms with Crippen molar-refractivity contribution in [3.63, 3.8) is 0 Å². The SMILES string of the molecule is Cc1noc(CCNC2CCCc3sc(I)cc32)n1. The summed E-state index contributed by atoms with van der Waals surface area (Å²) in [6.07, 6.45) is 4.54. The van der Waals surface area contributed by atoms with Crippen molar-refractivity contribution in [2.24, 2.45) is 0 Å². The summed E-state index contributed by atoms with van der Waals surface area (Å²) in [7, 11) is 0. The Bertz CT molecular complexity index is 566. The van der Waals surface area contributed by atoms with Gasteiger partial charge >= 0.3 is 0 Å². The number of nitrogens with zero attached hydrogens (tertiary/aromatic N) is 2. The van der Waals surface area contributed by atoms with Crippen LogP contribution in [-0.2, 0) is 12.8 Å². The quantitative estimate of drug-likeness (QED) is 0.816. The van der Waals surface area contributed by atoms with E-state index in [-0.39, 0.29) is 0 Å². The number of fused-ring (bicyclic) bond motifs is 1. The third-order valence-electron chi connectivity index (χ3n) is 3.38. The summed E-state index contributed by atoms with van der Waals surface area (Å²) in [5, 5.41) is 7.43. The highest BCUT2D eigenvalue weighted by Crippen LogP contribution is 2.36. The third kappa shape index (κ3) is 3.17. The fourth-order valence-corrected chi connectivity index (χ4v) is 4.65. The zero-order valence-electron chi connectivity index (χ0n) is 10.8. The Morgan fingerprint density at radius 3 is 3.26 bits per heavy atom. The topological polar surface area (TPSA) is 51.0 Å². The lowest BCUT2D eigenvalue weighted by atomic mass is 9.94. The molecule has 1 N–H and O–H groups in total. The lowest BCUT2D eigenvalue weighted by molar-refractivity contribution is 0.366. The molecule has 1 aliphatic rings. The highest BCUT2D eigenvalue weighted by Gasteiger charge is 2.22. The second kappa shape index (κ2) is 5.88. The van der Waals surface area contributed by atoms with Gasteiger partial charge in [-0.05, 0) is 60.4 Å². The molecule has 2 aromatic heterocycles. The van der Waals surface area contributed by atoms with E-state index in [2.05, 4.69) is 44.1 Å². The van der Waals surface area contributed by atoms with Gasteiger partial charge in [-0.2, -0.15) is 4.98 Å². The molecule has 6 heteroatoms. The smallest absolute Gasteiger partial charge is 0.227 e. The largest absolute Gasteiger partial charge is 0.339 e. The molecule has 1 atom stereocenters. The standard InChI is InChI=1S/C13H16IN3OS/c1-8-16-13(18-17-8)5-6-15-10-3-2-4-11-9(10)7-12(14)19-11/h7,10,15H,2-6H2,1H3. The molecule has 19 heavy (non-hydrogen) atoms. The molecule has 2 aromatic rings. The van der Waals surface area contributed by atoms with Gasteiger partial charge in [-0.15, -0.1) is 11.3 Å². The van der Waals surface area contributed by atoms with Crippen molar-refractivity contribution >= 4 is 33.9 Å². The summed E-state index contributed by atoms with van der Waals surface area (Å²) >= 11 is 4.35. The van der Waals surface area contributed by atoms with Gasteiger partial charge in [-0.25, -0.2) is 0 Å². The Kier molecular flexibility index (Phi) is 4.18. The van der Waals surface area contributed by atoms with Crippen molar-refractivity contribution in [3.05, 3.63) is 31.1 Å². The monoisotopic (exact) mass is 389 g/mol. The number of hydrogen-bond donors (Lipinski definition) is 1. The molecule has 0 bridgehead atoms. The van der Waals surface area contributed by atoms with Gasteiger partial charge in [0.15, 0.2) is 5.82 Å². The van der Waals surface area contributed by atoms with Gasteiger partial charge in [0.25, 0.3) is 0 Å². The van der Waals surface area contributed by atoms with E-state index in [1.165, 1.54) is 27.7 Å².